The lowest BCUT2D eigenvalue weighted by atomic mass is 9.86. The Morgan fingerprint density at radius 3 is 2.06 bits per heavy atom. The first-order valence-electron chi connectivity index (χ1n) is 10.3. The predicted molar refractivity (Wildman–Crippen MR) is 117 cm³/mol. The number of nitrogens with one attached hydrogen (secondary N) is 2. The Labute approximate surface area is 181 Å². The Kier molecular flexibility index (Phi) is 6.63. The van der Waals surface area contributed by atoms with E-state index in [4.69, 9.17) is 9.84 Å². The highest BCUT2D eigenvalue weighted by molar-refractivity contribution is 5.86. The number of benzene rings is 2. The van der Waals surface area contributed by atoms with Crippen molar-refractivity contribution in [2.75, 3.05) is 13.2 Å². The van der Waals surface area contributed by atoms with E-state index in [0.717, 1.165) is 22.3 Å². The summed E-state index contributed by atoms with van der Waals surface area (Å²) in [6, 6.07) is 15.2. The summed E-state index contributed by atoms with van der Waals surface area (Å²) < 4.78 is 5.53. The number of carboxylic acid groups (broad SMARTS) is 1. The maximum atomic E-state index is 12.6. The second kappa shape index (κ2) is 9.20. The Morgan fingerprint density at radius 2 is 1.55 bits per heavy atom. The average Bonchev–Trinajstić information content (AvgIpc) is 3.03. The Balaban J connectivity index is 1.66. The lowest BCUT2D eigenvalue weighted by molar-refractivity contribution is -0.137. The molecule has 0 spiro atoms. The second-order valence-electron chi connectivity index (χ2n) is 8.70. The molecule has 0 saturated heterocycles. The number of rotatable bonds is 7. The van der Waals surface area contributed by atoms with Crippen LogP contribution in [0.3, 0.4) is 0 Å². The highest BCUT2D eigenvalue weighted by Gasteiger charge is 2.34. The van der Waals surface area contributed by atoms with E-state index in [1.807, 2.05) is 57.2 Å². The van der Waals surface area contributed by atoms with Gasteiger partial charge in [0.25, 0.3) is 0 Å². The van der Waals surface area contributed by atoms with Gasteiger partial charge in [-0.2, -0.15) is 0 Å². The number of alkyl carbamates (subject to hydrolysis) is 1. The fourth-order valence-corrected chi connectivity index (χ4v) is 3.83. The summed E-state index contributed by atoms with van der Waals surface area (Å²) in [5, 5.41) is 13.9. The zero-order valence-corrected chi connectivity index (χ0v) is 18.0. The van der Waals surface area contributed by atoms with E-state index in [2.05, 4.69) is 22.8 Å². The molecule has 0 aliphatic heterocycles. The first-order valence-corrected chi connectivity index (χ1v) is 10.3. The number of carbonyl (C=O) groups excluding carboxylic acids is 2. The molecule has 2 amide bonds. The molecule has 0 bridgehead atoms. The normalized spacial score (nSPS) is 13.6. The fourth-order valence-electron chi connectivity index (χ4n) is 3.83. The van der Waals surface area contributed by atoms with Gasteiger partial charge in [-0.05, 0) is 27.7 Å². The Bertz CT molecular complexity index is 934. The molecule has 3 N–H and O–H groups in total. The maximum Gasteiger partial charge on any atom is 0.407 e. The average molecular weight is 424 g/mol. The van der Waals surface area contributed by atoms with E-state index in [9.17, 15) is 14.4 Å². The molecular weight excluding hydrogens is 396 g/mol. The van der Waals surface area contributed by atoms with Crippen LogP contribution in [-0.4, -0.2) is 42.3 Å². The lowest BCUT2D eigenvalue weighted by Gasteiger charge is -2.30. The first-order chi connectivity index (χ1) is 14.7. The second-order valence-corrected chi connectivity index (χ2v) is 8.70. The van der Waals surface area contributed by atoms with Crippen LogP contribution in [0.4, 0.5) is 4.79 Å². The Hall–Kier alpha value is -3.35. The molecule has 0 aromatic heterocycles. The molecule has 164 valence electrons. The van der Waals surface area contributed by atoms with Crippen molar-refractivity contribution in [1.29, 1.82) is 0 Å². The van der Waals surface area contributed by atoms with Crippen LogP contribution in [-0.2, 0) is 14.3 Å². The van der Waals surface area contributed by atoms with Crippen LogP contribution in [0.25, 0.3) is 11.1 Å². The van der Waals surface area contributed by atoms with Crippen molar-refractivity contribution in [3.05, 3.63) is 59.7 Å². The molecule has 0 saturated carbocycles. The third kappa shape index (κ3) is 5.23. The molecule has 0 unspecified atom stereocenters. The largest absolute Gasteiger partial charge is 0.481 e. The van der Waals surface area contributed by atoms with Crippen molar-refractivity contribution >= 4 is 18.0 Å². The molecule has 7 nitrogen and oxygen atoms in total. The van der Waals surface area contributed by atoms with Crippen LogP contribution >= 0.6 is 0 Å². The first kappa shape index (κ1) is 22.3. The van der Waals surface area contributed by atoms with Gasteiger partial charge in [-0.3, -0.25) is 9.59 Å². The van der Waals surface area contributed by atoms with Crippen LogP contribution in [0.15, 0.2) is 48.5 Å². The zero-order chi connectivity index (χ0) is 22.6. The van der Waals surface area contributed by atoms with Gasteiger partial charge in [0.2, 0.25) is 5.91 Å². The number of fused-ring (bicyclic) bond motifs is 3. The van der Waals surface area contributed by atoms with E-state index >= 15 is 0 Å². The van der Waals surface area contributed by atoms with Gasteiger partial charge >= 0.3 is 12.1 Å². The van der Waals surface area contributed by atoms with E-state index < -0.39 is 29.4 Å². The van der Waals surface area contributed by atoms with Gasteiger partial charge in [0.15, 0.2) is 0 Å². The van der Waals surface area contributed by atoms with Crippen LogP contribution in [0.1, 0.15) is 44.2 Å². The molecule has 1 aliphatic rings. The zero-order valence-electron chi connectivity index (χ0n) is 18.0. The van der Waals surface area contributed by atoms with E-state index in [1.54, 1.807) is 0 Å². The van der Waals surface area contributed by atoms with Gasteiger partial charge in [0.1, 0.15) is 12.6 Å². The maximum absolute atomic E-state index is 12.6. The van der Waals surface area contributed by atoms with E-state index in [-0.39, 0.29) is 25.5 Å². The van der Waals surface area contributed by atoms with Crippen molar-refractivity contribution < 1.29 is 24.2 Å². The number of hydrogen-bond acceptors (Lipinski definition) is 4. The molecule has 0 heterocycles. The van der Waals surface area contributed by atoms with Crippen LogP contribution in [0.5, 0.6) is 0 Å². The lowest BCUT2D eigenvalue weighted by Crippen LogP contribution is -2.54. The number of amides is 2. The minimum atomic E-state index is -1.00. The minimum absolute atomic E-state index is 0.00683. The van der Waals surface area contributed by atoms with Gasteiger partial charge < -0.3 is 20.5 Å². The van der Waals surface area contributed by atoms with Crippen molar-refractivity contribution in [1.82, 2.24) is 10.6 Å². The molecule has 0 radical (unpaired) electrons. The van der Waals surface area contributed by atoms with Crippen molar-refractivity contribution in [2.45, 2.75) is 39.2 Å². The summed E-state index contributed by atoms with van der Waals surface area (Å²) in [4.78, 5) is 35.8. The SMILES string of the molecule is CC(C)(C)[C@@H](NC(=O)OCC1c2ccccc2-c2ccccc21)C(=O)NCCC(=O)O. The molecule has 0 fully saturated rings. The quantitative estimate of drug-likeness (QED) is 0.631. The topological polar surface area (TPSA) is 105 Å². The highest BCUT2D eigenvalue weighted by atomic mass is 16.5. The third-order valence-corrected chi connectivity index (χ3v) is 5.37. The molecule has 31 heavy (non-hydrogen) atoms. The predicted octanol–water partition coefficient (Wildman–Crippen LogP) is 3.53. The van der Waals surface area contributed by atoms with E-state index in [1.165, 1.54) is 0 Å². The smallest absolute Gasteiger partial charge is 0.407 e. The molecule has 2 aromatic rings. The minimum Gasteiger partial charge on any atom is -0.481 e. The van der Waals surface area contributed by atoms with Gasteiger partial charge in [-0.1, -0.05) is 69.3 Å². The van der Waals surface area contributed by atoms with Gasteiger partial charge in [-0.15, -0.1) is 0 Å². The molecule has 7 heteroatoms. The van der Waals surface area contributed by atoms with Crippen molar-refractivity contribution in [2.24, 2.45) is 5.41 Å². The standard InChI is InChI=1S/C24H28N2O5/c1-24(2,3)21(22(29)25-13-12-20(27)28)26-23(30)31-14-19-17-10-6-4-8-15(17)16-9-5-7-11-18(16)19/h4-11,19,21H,12-14H2,1-3H3,(H,25,29)(H,26,30)(H,27,28)/t21-/m0/s1. The molecule has 2 aromatic carbocycles. The van der Waals surface area contributed by atoms with Gasteiger partial charge in [0, 0.05) is 12.5 Å². The van der Waals surface area contributed by atoms with E-state index in [0.29, 0.717) is 0 Å². The number of hydrogen-bond donors (Lipinski definition) is 3. The van der Waals surface area contributed by atoms with Gasteiger partial charge in [-0.25, -0.2) is 4.79 Å². The summed E-state index contributed by atoms with van der Waals surface area (Å²) >= 11 is 0. The number of ether oxygens (including phenoxy) is 1. The number of aliphatic carboxylic acids is 1. The summed E-state index contributed by atoms with van der Waals surface area (Å²) in [6.07, 6.45) is -0.872. The molecular formula is C24H28N2O5. The van der Waals surface area contributed by atoms with Crippen LogP contribution in [0, 0.1) is 5.41 Å². The summed E-state index contributed by atoms with van der Waals surface area (Å²) in [6.45, 7) is 5.60. The molecule has 3 rings (SSSR count). The summed E-state index contributed by atoms with van der Waals surface area (Å²) in [5.41, 5.74) is 3.90. The number of carbonyl (C=O) groups is 3. The fraction of sp³-hybridized carbons (Fsp3) is 0.375. The third-order valence-electron chi connectivity index (χ3n) is 5.37. The summed E-state index contributed by atoms with van der Waals surface area (Å²) in [5.74, 6) is -1.52. The van der Waals surface area contributed by atoms with Crippen molar-refractivity contribution in [3.63, 3.8) is 0 Å². The van der Waals surface area contributed by atoms with Gasteiger partial charge in [0.05, 0.1) is 6.42 Å². The van der Waals surface area contributed by atoms with Crippen LogP contribution in [0.2, 0.25) is 0 Å². The molecule has 1 aliphatic carbocycles. The Morgan fingerprint density at radius 1 is 1.00 bits per heavy atom. The molecule has 1 atom stereocenters. The highest BCUT2D eigenvalue weighted by Crippen LogP contribution is 2.44. The monoisotopic (exact) mass is 424 g/mol. The van der Waals surface area contributed by atoms with Crippen molar-refractivity contribution in [3.8, 4) is 11.1 Å². The summed E-state index contributed by atoms with van der Waals surface area (Å²) in [7, 11) is 0. The van der Waals surface area contributed by atoms with Crippen LogP contribution < -0.4 is 10.6 Å². The number of carboxylic acids is 1.